The molecule has 1 aliphatic heterocycles. The molecule has 0 bridgehead atoms. The first-order valence-corrected chi connectivity index (χ1v) is 16.8. The molecule has 1 aliphatic rings. The fourth-order valence-corrected chi connectivity index (χ4v) is 6.23. The summed E-state index contributed by atoms with van der Waals surface area (Å²) in [5.41, 5.74) is -1.67. The number of halogens is 3. The first-order chi connectivity index (χ1) is 18.5. The molecule has 2 heterocycles. The van der Waals surface area contributed by atoms with Gasteiger partial charge < -0.3 is 19.2 Å². The van der Waals surface area contributed by atoms with Crippen molar-refractivity contribution in [3.63, 3.8) is 0 Å². The number of rotatable bonds is 10. The lowest BCUT2D eigenvalue weighted by Gasteiger charge is -2.43. The lowest BCUT2D eigenvalue weighted by atomic mass is 9.88. The molecule has 40 heavy (non-hydrogen) atoms. The van der Waals surface area contributed by atoms with E-state index in [0.29, 0.717) is 5.56 Å². The third kappa shape index (κ3) is 7.25. The summed E-state index contributed by atoms with van der Waals surface area (Å²) in [6, 6.07) is 6.90. The molecule has 222 valence electrons. The molecule has 0 spiro atoms. The van der Waals surface area contributed by atoms with E-state index in [9.17, 15) is 13.6 Å². The van der Waals surface area contributed by atoms with Crippen LogP contribution in [0.2, 0.25) is 18.1 Å². The summed E-state index contributed by atoms with van der Waals surface area (Å²) in [6.45, 7) is 16.0. The number of carbonyl (C=O) groups excluding carboxylic acids is 1. The Morgan fingerprint density at radius 3 is 2.38 bits per heavy atom. The minimum Gasteiger partial charge on any atom is -0.450 e. The molecule has 10 heteroatoms. The zero-order valence-electron chi connectivity index (χ0n) is 24.9. The van der Waals surface area contributed by atoms with Crippen LogP contribution in [0.15, 0.2) is 30.3 Å². The fraction of sp³-hybridized carbons (Fsp3) is 0.600. The number of alkyl halides is 1. The molecular formula is C30H43F3N2O4Si. The summed E-state index contributed by atoms with van der Waals surface area (Å²) < 4.78 is 62.6. The van der Waals surface area contributed by atoms with Gasteiger partial charge in [-0.1, -0.05) is 34.1 Å². The van der Waals surface area contributed by atoms with Crippen LogP contribution in [0.4, 0.5) is 18.0 Å². The number of amides is 1. The van der Waals surface area contributed by atoms with E-state index < -0.39 is 43.4 Å². The van der Waals surface area contributed by atoms with E-state index in [1.54, 1.807) is 19.9 Å². The Hall–Kier alpha value is -2.43. The number of nitrogens with zero attached hydrogens (tertiary/aromatic N) is 1. The van der Waals surface area contributed by atoms with Gasteiger partial charge in [0, 0.05) is 17.5 Å². The predicted octanol–water partition coefficient (Wildman–Crippen LogP) is 7.76. The summed E-state index contributed by atoms with van der Waals surface area (Å²) in [5.74, 6) is -1.08. The van der Waals surface area contributed by atoms with Crippen molar-refractivity contribution in [3.05, 3.63) is 53.2 Å². The molecule has 1 aromatic carbocycles. The predicted molar refractivity (Wildman–Crippen MR) is 152 cm³/mol. The van der Waals surface area contributed by atoms with E-state index in [1.165, 1.54) is 24.3 Å². The molecule has 2 unspecified atom stereocenters. The molecule has 0 saturated carbocycles. The van der Waals surface area contributed by atoms with Crippen LogP contribution in [0.3, 0.4) is 0 Å². The van der Waals surface area contributed by atoms with Crippen molar-refractivity contribution in [2.24, 2.45) is 0 Å². The van der Waals surface area contributed by atoms with Gasteiger partial charge in [0.25, 0.3) is 0 Å². The van der Waals surface area contributed by atoms with Crippen molar-refractivity contribution in [1.82, 2.24) is 10.3 Å². The standard InChI is InChI=1S/C30H43F3N2O4Si/c1-9-10-15-37-27(36)34-19-30(17-22(32)18-38-30)24-16-23(29(5,6)39-40(7,8)28(2,3)4)25(33)26(35-24)20-11-13-21(31)14-12-20/h11-14,16,22H,9-10,15,17-19H2,1-8H3,(H,34,36). The molecule has 1 amide bonds. The molecule has 6 nitrogen and oxygen atoms in total. The Bertz CT molecular complexity index is 1180. The Labute approximate surface area is 237 Å². The molecular weight excluding hydrogens is 537 g/mol. The Morgan fingerprint density at radius 1 is 1.18 bits per heavy atom. The van der Waals surface area contributed by atoms with Crippen LogP contribution in [-0.4, -0.2) is 45.3 Å². The third-order valence-electron chi connectivity index (χ3n) is 7.85. The van der Waals surface area contributed by atoms with E-state index in [1.807, 2.05) is 6.92 Å². The minimum atomic E-state index is -2.38. The lowest BCUT2D eigenvalue weighted by Crippen LogP contribution is -2.47. The van der Waals surface area contributed by atoms with Gasteiger partial charge in [-0.15, -0.1) is 0 Å². The van der Waals surface area contributed by atoms with Gasteiger partial charge in [0.1, 0.15) is 23.3 Å². The second-order valence-electron chi connectivity index (χ2n) is 12.5. The van der Waals surface area contributed by atoms with Crippen molar-refractivity contribution in [2.45, 2.75) is 96.3 Å². The maximum atomic E-state index is 16.4. The van der Waals surface area contributed by atoms with E-state index in [-0.39, 0.29) is 48.2 Å². The van der Waals surface area contributed by atoms with Crippen LogP contribution < -0.4 is 5.32 Å². The monoisotopic (exact) mass is 580 g/mol. The Balaban J connectivity index is 2.14. The van der Waals surface area contributed by atoms with Crippen LogP contribution in [0.5, 0.6) is 0 Å². The highest BCUT2D eigenvalue weighted by Crippen LogP contribution is 2.45. The van der Waals surface area contributed by atoms with Crippen molar-refractivity contribution in [2.75, 3.05) is 19.8 Å². The molecule has 0 aliphatic carbocycles. The fourth-order valence-electron chi connectivity index (χ4n) is 4.54. The number of ether oxygens (including phenoxy) is 2. The number of hydrogen-bond donors (Lipinski definition) is 1. The average Bonchev–Trinajstić information content (AvgIpc) is 3.24. The van der Waals surface area contributed by atoms with Gasteiger partial charge in [0.15, 0.2) is 14.1 Å². The summed E-state index contributed by atoms with van der Waals surface area (Å²) >= 11 is 0. The summed E-state index contributed by atoms with van der Waals surface area (Å²) in [5, 5.41) is 2.54. The lowest BCUT2D eigenvalue weighted by molar-refractivity contribution is -0.00462. The van der Waals surface area contributed by atoms with Gasteiger partial charge in [-0.3, -0.25) is 0 Å². The highest BCUT2D eigenvalue weighted by molar-refractivity contribution is 6.74. The SMILES string of the molecule is CCCCOC(=O)NCC1(c2cc(C(C)(C)O[Si](C)(C)C(C)(C)C)c(F)c(-c3ccc(F)cc3)n2)CC(F)CO1. The van der Waals surface area contributed by atoms with Crippen LogP contribution in [-0.2, 0) is 25.1 Å². The van der Waals surface area contributed by atoms with E-state index in [2.05, 4.69) is 44.2 Å². The average molecular weight is 581 g/mol. The zero-order chi connectivity index (χ0) is 29.9. The number of carbonyl (C=O) groups is 1. The number of nitrogens with one attached hydrogen (secondary N) is 1. The van der Waals surface area contributed by atoms with Crippen LogP contribution in [0.1, 0.15) is 72.1 Å². The van der Waals surface area contributed by atoms with Gasteiger partial charge >= 0.3 is 6.09 Å². The first kappa shape index (κ1) is 32.1. The summed E-state index contributed by atoms with van der Waals surface area (Å²) in [4.78, 5) is 17.0. The van der Waals surface area contributed by atoms with Gasteiger partial charge in [-0.2, -0.15) is 0 Å². The molecule has 0 radical (unpaired) electrons. The van der Waals surface area contributed by atoms with Crippen molar-refractivity contribution in [3.8, 4) is 11.3 Å². The third-order valence-corrected chi connectivity index (χ3v) is 12.5. The van der Waals surface area contributed by atoms with E-state index in [4.69, 9.17) is 13.9 Å². The smallest absolute Gasteiger partial charge is 0.407 e. The maximum Gasteiger partial charge on any atom is 0.407 e. The second-order valence-corrected chi connectivity index (χ2v) is 17.3. The second kappa shape index (κ2) is 12.2. The number of unbranched alkanes of at least 4 members (excludes halogenated alkanes) is 1. The molecule has 2 atom stereocenters. The molecule has 1 saturated heterocycles. The van der Waals surface area contributed by atoms with Crippen LogP contribution in [0.25, 0.3) is 11.3 Å². The molecule has 1 N–H and O–H groups in total. The van der Waals surface area contributed by atoms with Gasteiger partial charge in [0.2, 0.25) is 0 Å². The number of pyridine rings is 1. The normalized spacial score (nSPS) is 20.0. The van der Waals surface area contributed by atoms with Crippen molar-refractivity contribution >= 4 is 14.4 Å². The van der Waals surface area contributed by atoms with Gasteiger partial charge in [0.05, 0.1) is 31.1 Å². The molecule has 1 fully saturated rings. The number of hydrogen-bond acceptors (Lipinski definition) is 5. The van der Waals surface area contributed by atoms with Crippen molar-refractivity contribution in [1.29, 1.82) is 0 Å². The van der Waals surface area contributed by atoms with Crippen LogP contribution >= 0.6 is 0 Å². The minimum absolute atomic E-state index is 0.0322. The quantitative estimate of drug-likeness (QED) is 0.230. The van der Waals surface area contributed by atoms with E-state index >= 15 is 4.39 Å². The Morgan fingerprint density at radius 2 is 1.82 bits per heavy atom. The number of aromatic nitrogens is 1. The highest BCUT2D eigenvalue weighted by Gasteiger charge is 2.47. The molecule has 1 aromatic heterocycles. The van der Waals surface area contributed by atoms with Crippen molar-refractivity contribution < 1.29 is 31.9 Å². The van der Waals surface area contributed by atoms with Gasteiger partial charge in [-0.05, 0) is 68.7 Å². The van der Waals surface area contributed by atoms with Gasteiger partial charge in [-0.25, -0.2) is 22.9 Å². The van der Waals surface area contributed by atoms with Crippen LogP contribution in [0, 0.1) is 11.6 Å². The summed E-state index contributed by atoms with van der Waals surface area (Å²) in [6.07, 6.45) is -0.465. The first-order valence-electron chi connectivity index (χ1n) is 13.9. The summed E-state index contributed by atoms with van der Waals surface area (Å²) in [7, 11) is -2.38. The van der Waals surface area contributed by atoms with E-state index in [0.717, 1.165) is 12.8 Å². The number of alkyl carbamates (subject to hydrolysis) is 1. The topological polar surface area (TPSA) is 69.7 Å². The largest absolute Gasteiger partial charge is 0.450 e. The molecule has 3 rings (SSSR count). The Kier molecular flexibility index (Phi) is 9.79. The number of benzene rings is 1. The molecule has 2 aromatic rings. The maximum absolute atomic E-state index is 16.4. The highest BCUT2D eigenvalue weighted by atomic mass is 28.4. The zero-order valence-corrected chi connectivity index (χ0v) is 25.9.